The summed E-state index contributed by atoms with van der Waals surface area (Å²) in [5.74, 6) is 0.130. The van der Waals surface area contributed by atoms with Gasteiger partial charge in [-0.15, -0.1) is 0 Å². The van der Waals surface area contributed by atoms with Crippen molar-refractivity contribution in [3.63, 3.8) is 0 Å². The summed E-state index contributed by atoms with van der Waals surface area (Å²) in [6.45, 7) is 2.06. The maximum atomic E-state index is 12.3. The normalized spacial score (nSPS) is 26.6. The van der Waals surface area contributed by atoms with Gasteiger partial charge in [0, 0.05) is 19.2 Å². The van der Waals surface area contributed by atoms with E-state index in [0.717, 1.165) is 5.69 Å². The SMILES string of the molecule is CC(O)CS(=O)(=O)C[C@H]1COC2C1OC[C@H]2Nc1nc(Nc2cnn(C)c2)ncc1Cl. The molecule has 170 valence electrons. The van der Waals surface area contributed by atoms with Crippen LogP contribution in [0.4, 0.5) is 17.5 Å². The van der Waals surface area contributed by atoms with E-state index in [2.05, 4.69) is 25.7 Å². The van der Waals surface area contributed by atoms with Crippen LogP contribution in [0.25, 0.3) is 0 Å². The molecule has 2 aromatic heterocycles. The molecule has 31 heavy (non-hydrogen) atoms. The molecular weight excluding hydrogens is 448 g/mol. The summed E-state index contributed by atoms with van der Waals surface area (Å²) >= 11 is 6.27. The van der Waals surface area contributed by atoms with Gasteiger partial charge in [-0.2, -0.15) is 10.1 Å². The summed E-state index contributed by atoms with van der Waals surface area (Å²) in [4.78, 5) is 8.61. The number of anilines is 3. The monoisotopic (exact) mass is 472 g/mol. The van der Waals surface area contributed by atoms with E-state index in [-0.39, 0.29) is 42.3 Å². The Hall–Kier alpha value is -1.99. The zero-order chi connectivity index (χ0) is 22.2. The standard InChI is InChI=1S/C18H25ClN6O5S/c1-10(26)8-31(27,28)9-11-6-29-16-14(7-30-15(11)16)23-17-13(19)4-20-18(24-17)22-12-3-21-25(2)5-12/h3-5,10-11,14-16,26H,6-9H2,1-2H3,(H2,20,22,23,24)/t10?,11-,14-,15?,16?/m1/s1. The minimum Gasteiger partial charge on any atom is -0.392 e. The molecule has 0 aromatic carbocycles. The number of aryl methyl sites for hydroxylation is 1. The van der Waals surface area contributed by atoms with Crippen molar-refractivity contribution < 1.29 is 23.0 Å². The molecule has 0 aliphatic carbocycles. The highest BCUT2D eigenvalue weighted by Crippen LogP contribution is 2.34. The molecule has 3 unspecified atom stereocenters. The molecule has 13 heteroatoms. The van der Waals surface area contributed by atoms with Gasteiger partial charge in [0.1, 0.15) is 11.1 Å². The first kappa shape index (κ1) is 22.2. The Balaban J connectivity index is 1.41. The lowest BCUT2D eigenvalue weighted by molar-refractivity contribution is 0.0656. The Labute approximate surface area is 185 Å². The second kappa shape index (κ2) is 8.87. The summed E-state index contributed by atoms with van der Waals surface area (Å²) in [7, 11) is -1.60. The predicted octanol–water partition coefficient (Wildman–Crippen LogP) is 0.597. The quantitative estimate of drug-likeness (QED) is 0.500. The first-order chi connectivity index (χ1) is 14.7. The number of nitrogens with zero attached hydrogens (tertiary/aromatic N) is 4. The number of ether oxygens (including phenoxy) is 2. The van der Waals surface area contributed by atoms with Gasteiger partial charge in [0.25, 0.3) is 0 Å². The lowest BCUT2D eigenvalue weighted by Crippen LogP contribution is -2.36. The van der Waals surface area contributed by atoms with Crippen molar-refractivity contribution in [3.8, 4) is 0 Å². The van der Waals surface area contributed by atoms with Gasteiger partial charge in [0.15, 0.2) is 15.7 Å². The van der Waals surface area contributed by atoms with E-state index in [0.29, 0.717) is 23.4 Å². The molecule has 3 N–H and O–H groups in total. The van der Waals surface area contributed by atoms with Crippen LogP contribution >= 0.6 is 11.6 Å². The Morgan fingerprint density at radius 3 is 2.81 bits per heavy atom. The topological polar surface area (TPSA) is 140 Å². The van der Waals surface area contributed by atoms with E-state index in [1.807, 2.05) is 7.05 Å². The average molecular weight is 473 g/mol. The van der Waals surface area contributed by atoms with Crippen LogP contribution in [0.1, 0.15) is 6.92 Å². The molecule has 2 aliphatic heterocycles. The largest absolute Gasteiger partial charge is 0.392 e. The van der Waals surface area contributed by atoms with E-state index in [4.69, 9.17) is 21.1 Å². The van der Waals surface area contributed by atoms with Crippen molar-refractivity contribution in [1.82, 2.24) is 19.7 Å². The summed E-state index contributed by atoms with van der Waals surface area (Å²) in [5, 5.41) is 20.1. The Morgan fingerprint density at radius 1 is 1.32 bits per heavy atom. The van der Waals surface area contributed by atoms with Crippen LogP contribution in [0.15, 0.2) is 18.6 Å². The lowest BCUT2D eigenvalue weighted by Gasteiger charge is -2.19. The number of aromatic nitrogens is 4. The number of fused-ring (bicyclic) bond motifs is 1. The molecule has 0 spiro atoms. The first-order valence-corrected chi connectivity index (χ1v) is 12.1. The molecule has 2 aromatic rings. The average Bonchev–Trinajstić information content (AvgIpc) is 3.36. The number of rotatable bonds is 8. The smallest absolute Gasteiger partial charge is 0.229 e. The molecule has 11 nitrogen and oxygen atoms in total. The van der Waals surface area contributed by atoms with Crippen LogP contribution in [-0.4, -0.2) is 82.3 Å². The third-order valence-electron chi connectivity index (χ3n) is 5.15. The summed E-state index contributed by atoms with van der Waals surface area (Å²) < 4.78 is 37.9. The fourth-order valence-electron chi connectivity index (χ4n) is 3.93. The van der Waals surface area contributed by atoms with Gasteiger partial charge in [-0.05, 0) is 6.92 Å². The number of hydrogen-bond acceptors (Lipinski definition) is 10. The molecule has 0 bridgehead atoms. The van der Waals surface area contributed by atoms with Crippen LogP contribution in [0.5, 0.6) is 0 Å². The molecule has 4 heterocycles. The number of sulfone groups is 1. The maximum Gasteiger partial charge on any atom is 0.229 e. The van der Waals surface area contributed by atoms with Gasteiger partial charge in [0.05, 0.1) is 61.1 Å². The molecule has 4 rings (SSSR count). The summed E-state index contributed by atoms with van der Waals surface area (Å²) in [6, 6.07) is -0.242. The van der Waals surface area contributed by atoms with Crippen LogP contribution in [0.2, 0.25) is 5.02 Å². The molecule has 2 fully saturated rings. The van der Waals surface area contributed by atoms with Crippen LogP contribution in [0.3, 0.4) is 0 Å². The highest BCUT2D eigenvalue weighted by molar-refractivity contribution is 7.91. The molecule has 0 saturated carbocycles. The number of hydrogen-bond donors (Lipinski definition) is 3. The van der Waals surface area contributed by atoms with Crippen molar-refractivity contribution in [2.24, 2.45) is 13.0 Å². The van der Waals surface area contributed by atoms with E-state index >= 15 is 0 Å². The Kier molecular flexibility index (Phi) is 6.35. The number of nitrogens with one attached hydrogen (secondary N) is 2. The van der Waals surface area contributed by atoms with Crippen molar-refractivity contribution in [2.75, 3.05) is 35.4 Å². The second-order valence-electron chi connectivity index (χ2n) is 7.95. The maximum absolute atomic E-state index is 12.3. The molecule has 0 radical (unpaired) electrons. The molecule has 2 aliphatic rings. The van der Waals surface area contributed by atoms with Gasteiger partial charge in [-0.25, -0.2) is 13.4 Å². The van der Waals surface area contributed by atoms with Crippen molar-refractivity contribution in [2.45, 2.75) is 31.3 Å². The number of aliphatic hydroxyl groups excluding tert-OH is 1. The molecule has 0 amide bonds. The Bertz CT molecular complexity index is 1030. The summed E-state index contributed by atoms with van der Waals surface area (Å²) in [5.41, 5.74) is 0.736. The highest BCUT2D eigenvalue weighted by atomic mass is 35.5. The molecule has 2 saturated heterocycles. The van der Waals surface area contributed by atoms with Gasteiger partial charge >= 0.3 is 0 Å². The fraction of sp³-hybridized carbons (Fsp3) is 0.611. The van der Waals surface area contributed by atoms with Crippen molar-refractivity contribution in [1.29, 1.82) is 0 Å². The first-order valence-electron chi connectivity index (χ1n) is 9.86. The van der Waals surface area contributed by atoms with Crippen molar-refractivity contribution in [3.05, 3.63) is 23.6 Å². The van der Waals surface area contributed by atoms with E-state index < -0.39 is 15.9 Å². The van der Waals surface area contributed by atoms with Crippen LogP contribution < -0.4 is 10.6 Å². The lowest BCUT2D eigenvalue weighted by atomic mass is 10.0. The highest BCUT2D eigenvalue weighted by Gasteiger charge is 2.49. The zero-order valence-electron chi connectivity index (χ0n) is 17.1. The molecule has 5 atom stereocenters. The third-order valence-corrected chi connectivity index (χ3v) is 7.35. The third kappa shape index (κ3) is 5.26. The van der Waals surface area contributed by atoms with Gasteiger partial charge in [0.2, 0.25) is 5.95 Å². The van der Waals surface area contributed by atoms with Gasteiger partial charge in [-0.3, -0.25) is 4.68 Å². The predicted molar refractivity (Wildman–Crippen MR) is 114 cm³/mol. The number of aliphatic hydroxyl groups is 1. The minimum absolute atomic E-state index is 0.0841. The van der Waals surface area contributed by atoms with E-state index in [9.17, 15) is 13.5 Å². The van der Waals surface area contributed by atoms with E-state index in [1.54, 1.807) is 17.1 Å². The van der Waals surface area contributed by atoms with Crippen molar-refractivity contribution >= 4 is 38.9 Å². The van der Waals surface area contributed by atoms with Crippen LogP contribution in [-0.2, 0) is 26.4 Å². The fourth-order valence-corrected chi connectivity index (χ4v) is 5.88. The Morgan fingerprint density at radius 2 is 2.10 bits per heavy atom. The van der Waals surface area contributed by atoms with Gasteiger partial charge in [-0.1, -0.05) is 11.6 Å². The molecular formula is C18H25ClN6O5S. The minimum atomic E-state index is -3.41. The zero-order valence-corrected chi connectivity index (χ0v) is 18.7. The second-order valence-corrected chi connectivity index (χ2v) is 10.5. The van der Waals surface area contributed by atoms with E-state index in [1.165, 1.54) is 13.1 Å². The number of halogens is 1. The van der Waals surface area contributed by atoms with Crippen LogP contribution in [0, 0.1) is 5.92 Å². The van der Waals surface area contributed by atoms with Gasteiger partial charge < -0.3 is 25.2 Å². The summed E-state index contributed by atoms with van der Waals surface area (Å²) in [6.07, 6.45) is 3.35.